The highest BCUT2D eigenvalue weighted by atomic mass is 35.5. The highest BCUT2D eigenvalue weighted by Gasteiger charge is 2.39. The first-order valence-corrected chi connectivity index (χ1v) is 7.57. The van der Waals surface area contributed by atoms with Gasteiger partial charge in [0.25, 0.3) is 0 Å². The molecule has 1 aliphatic carbocycles. The van der Waals surface area contributed by atoms with E-state index < -0.39 is 12.3 Å². The molecule has 3 nitrogen and oxygen atoms in total. The summed E-state index contributed by atoms with van der Waals surface area (Å²) in [6, 6.07) is 0. The van der Waals surface area contributed by atoms with Gasteiger partial charge in [-0.05, 0) is 30.6 Å². The number of halogens is 2. The van der Waals surface area contributed by atoms with Crippen molar-refractivity contribution < 1.29 is 14.3 Å². The van der Waals surface area contributed by atoms with Gasteiger partial charge in [0.1, 0.15) is 10.1 Å². The van der Waals surface area contributed by atoms with E-state index in [1.165, 1.54) is 6.42 Å². The van der Waals surface area contributed by atoms with Crippen LogP contribution in [-0.4, -0.2) is 18.4 Å². The molecule has 0 radical (unpaired) electrons. The number of rotatable bonds is 3. The van der Waals surface area contributed by atoms with Gasteiger partial charge in [-0.15, -0.1) is 0 Å². The van der Waals surface area contributed by atoms with Crippen molar-refractivity contribution in [2.24, 2.45) is 17.8 Å². The van der Waals surface area contributed by atoms with Crippen molar-refractivity contribution in [3.8, 4) is 0 Å². The lowest BCUT2D eigenvalue weighted by atomic mass is 9.75. The monoisotopic (exact) mass is 306 g/mol. The van der Waals surface area contributed by atoms with E-state index >= 15 is 0 Å². The first-order valence-electron chi connectivity index (χ1n) is 6.81. The lowest BCUT2D eigenvalue weighted by Crippen LogP contribution is -2.37. The molecule has 4 atom stereocenters. The van der Waals surface area contributed by atoms with E-state index in [-0.39, 0.29) is 16.2 Å². The van der Waals surface area contributed by atoms with E-state index in [1.807, 2.05) is 0 Å². The number of carbonyl (C=O) groups is 1. The van der Waals surface area contributed by atoms with E-state index in [0.29, 0.717) is 17.8 Å². The summed E-state index contributed by atoms with van der Waals surface area (Å²) in [5.41, 5.74) is 0. The maximum Gasteiger partial charge on any atom is 0.353 e. The molecule has 2 rings (SSSR count). The smallest absolute Gasteiger partial charge is 0.353 e. The molecule has 19 heavy (non-hydrogen) atoms. The standard InChI is InChI=1S/C14H20Cl2O3/c1-7(2)9-5-4-8(3)6-10(9)18-14-12(16)11(15)13(17)19-14/h7-10,14H,4-6H2,1-3H3/t8?,9?,10?,14-/m0/s1. The Morgan fingerprint density at radius 3 is 2.53 bits per heavy atom. The first-order chi connectivity index (χ1) is 8.90. The van der Waals surface area contributed by atoms with Crippen molar-refractivity contribution >= 4 is 29.2 Å². The predicted molar refractivity (Wildman–Crippen MR) is 74.8 cm³/mol. The first kappa shape index (κ1) is 15.1. The average Bonchev–Trinajstić information content (AvgIpc) is 2.57. The Bertz CT molecular complexity index is 392. The zero-order chi connectivity index (χ0) is 14.2. The fourth-order valence-corrected chi connectivity index (χ4v) is 3.23. The average molecular weight is 307 g/mol. The van der Waals surface area contributed by atoms with E-state index in [9.17, 15) is 4.79 Å². The molecule has 0 spiro atoms. The third-order valence-electron chi connectivity index (χ3n) is 4.07. The number of carbonyl (C=O) groups excluding carboxylic acids is 1. The Kier molecular flexibility index (Phi) is 4.80. The second-order valence-corrected chi connectivity index (χ2v) is 6.68. The van der Waals surface area contributed by atoms with Gasteiger partial charge in [-0.25, -0.2) is 4.79 Å². The molecule has 0 aromatic carbocycles. The summed E-state index contributed by atoms with van der Waals surface area (Å²) in [5, 5.41) is 0.115. The molecule has 0 bridgehead atoms. The van der Waals surface area contributed by atoms with E-state index in [0.717, 1.165) is 12.8 Å². The SMILES string of the molecule is CC1CCC(C(C)C)C(O[C@H]2OC(=O)C(Cl)=C2Cl)C1. The summed E-state index contributed by atoms with van der Waals surface area (Å²) in [4.78, 5) is 11.3. The highest BCUT2D eigenvalue weighted by molar-refractivity contribution is 6.48. The van der Waals surface area contributed by atoms with Crippen LogP contribution >= 0.6 is 23.2 Å². The van der Waals surface area contributed by atoms with Gasteiger partial charge in [-0.2, -0.15) is 0 Å². The Morgan fingerprint density at radius 2 is 2.00 bits per heavy atom. The van der Waals surface area contributed by atoms with Gasteiger partial charge in [0.2, 0.25) is 6.29 Å². The minimum absolute atomic E-state index is 0.0587. The number of hydrogen-bond acceptors (Lipinski definition) is 3. The van der Waals surface area contributed by atoms with Crippen LogP contribution in [0.25, 0.3) is 0 Å². The molecule has 0 aromatic rings. The van der Waals surface area contributed by atoms with Gasteiger partial charge in [0.15, 0.2) is 0 Å². The zero-order valence-corrected chi connectivity index (χ0v) is 13.0. The van der Waals surface area contributed by atoms with Crippen molar-refractivity contribution in [1.82, 2.24) is 0 Å². The second-order valence-electron chi connectivity index (χ2n) is 5.90. The molecular formula is C14H20Cl2O3. The van der Waals surface area contributed by atoms with Crippen LogP contribution in [0.4, 0.5) is 0 Å². The quantitative estimate of drug-likeness (QED) is 0.738. The summed E-state index contributed by atoms with van der Waals surface area (Å²) < 4.78 is 11.0. The molecule has 0 amide bonds. The number of esters is 1. The van der Waals surface area contributed by atoms with E-state index in [2.05, 4.69) is 20.8 Å². The minimum Gasteiger partial charge on any atom is -0.426 e. The Labute approximate surface area is 124 Å². The van der Waals surface area contributed by atoms with Gasteiger partial charge in [0.05, 0.1) is 6.10 Å². The van der Waals surface area contributed by atoms with Crippen LogP contribution in [0.1, 0.15) is 40.0 Å². The molecule has 1 heterocycles. The zero-order valence-electron chi connectivity index (χ0n) is 11.5. The molecule has 0 N–H and O–H groups in total. The fraction of sp³-hybridized carbons (Fsp3) is 0.786. The second kappa shape index (κ2) is 6.02. The molecule has 108 valence electrons. The van der Waals surface area contributed by atoms with Crippen LogP contribution in [0.5, 0.6) is 0 Å². The maximum absolute atomic E-state index is 11.3. The molecule has 2 aliphatic rings. The molecule has 1 fully saturated rings. The van der Waals surface area contributed by atoms with Crippen molar-refractivity contribution in [2.75, 3.05) is 0 Å². The molecule has 3 unspecified atom stereocenters. The van der Waals surface area contributed by atoms with Crippen molar-refractivity contribution in [2.45, 2.75) is 52.4 Å². The largest absolute Gasteiger partial charge is 0.426 e. The van der Waals surface area contributed by atoms with Crippen LogP contribution in [-0.2, 0) is 14.3 Å². The molecule has 0 saturated heterocycles. The topological polar surface area (TPSA) is 35.5 Å². The van der Waals surface area contributed by atoms with Crippen molar-refractivity contribution in [1.29, 1.82) is 0 Å². The van der Waals surface area contributed by atoms with E-state index in [1.54, 1.807) is 0 Å². The number of hydrogen-bond donors (Lipinski definition) is 0. The Morgan fingerprint density at radius 1 is 1.32 bits per heavy atom. The Balaban J connectivity index is 2.06. The number of cyclic esters (lactones) is 1. The predicted octanol–water partition coefficient (Wildman–Crippen LogP) is 4.04. The lowest BCUT2D eigenvalue weighted by molar-refractivity contribution is -0.179. The third-order valence-corrected chi connectivity index (χ3v) is 4.89. The number of ether oxygens (including phenoxy) is 2. The van der Waals surface area contributed by atoms with Gasteiger partial charge in [-0.1, -0.05) is 50.4 Å². The van der Waals surface area contributed by atoms with Gasteiger partial charge >= 0.3 is 5.97 Å². The molecule has 5 heteroatoms. The van der Waals surface area contributed by atoms with Gasteiger partial charge in [-0.3, -0.25) is 0 Å². The summed E-state index contributed by atoms with van der Waals surface area (Å²) >= 11 is 11.7. The van der Waals surface area contributed by atoms with Crippen molar-refractivity contribution in [3.63, 3.8) is 0 Å². The summed E-state index contributed by atoms with van der Waals surface area (Å²) in [6.07, 6.45) is 2.58. The molecule has 1 aliphatic heterocycles. The third kappa shape index (κ3) is 3.26. The molecular weight excluding hydrogens is 287 g/mol. The highest BCUT2D eigenvalue weighted by Crippen LogP contribution is 2.38. The van der Waals surface area contributed by atoms with Crippen LogP contribution in [0.3, 0.4) is 0 Å². The summed E-state index contributed by atoms with van der Waals surface area (Å²) in [7, 11) is 0. The van der Waals surface area contributed by atoms with Crippen molar-refractivity contribution in [3.05, 3.63) is 10.1 Å². The maximum atomic E-state index is 11.3. The fourth-order valence-electron chi connectivity index (χ4n) is 2.92. The minimum atomic E-state index is -0.821. The van der Waals surface area contributed by atoms with Crippen LogP contribution in [0.15, 0.2) is 10.1 Å². The molecule has 1 saturated carbocycles. The van der Waals surface area contributed by atoms with E-state index in [4.69, 9.17) is 32.7 Å². The van der Waals surface area contributed by atoms with Crippen LogP contribution < -0.4 is 0 Å². The Hall–Kier alpha value is -0.250. The summed E-state index contributed by atoms with van der Waals surface area (Å²) in [6.45, 7) is 6.61. The van der Waals surface area contributed by atoms with Gasteiger partial charge < -0.3 is 9.47 Å². The normalized spacial score (nSPS) is 36.0. The van der Waals surface area contributed by atoms with Crippen LogP contribution in [0.2, 0.25) is 0 Å². The van der Waals surface area contributed by atoms with Crippen LogP contribution in [0, 0.1) is 17.8 Å². The van der Waals surface area contributed by atoms with Gasteiger partial charge in [0, 0.05) is 0 Å². The lowest BCUT2D eigenvalue weighted by Gasteiger charge is -2.38. The summed E-state index contributed by atoms with van der Waals surface area (Å²) in [5.74, 6) is 1.03. The molecule has 0 aromatic heterocycles.